The van der Waals surface area contributed by atoms with Crippen molar-refractivity contribution < 1.29 is 37.1 Å². The van der Waals surface area contributed by atoms with Crippen molar-refractivity contribution in [1.82, 2.24) is 24.5 Å². The maximum Gasteiger partial charge on any atom is 0.329 e. The van der Waals surface area contributed by atoms with Gasteiger partial charge in [0.2, 0.25) is 11.8 Å². The van der Waals surface area contributed by atoms with Crippen LogP contribution in [0, 0.1) is 11.7 Å². The summed E-state index contributed by atoms with van der Waals surface area (Å²) in [5, 5.41) is 15.9. The summed E-state index contributed by atoms with van der Waals surface area (Å²) in [7, 11) is -2.67. The molecule has 0 bridgehead atoms. The molecule has 1 saturated carbocycles. The fourth-order valence-corrected chi connectivity index (χ4v) is 8.43. The van der Waals surface area contributed by atoms with Gasteiger partial charge in [0.25, 0.3) is 11.8 Å². The molecule has 3 aromatic carbocycles. The predicted octanol–water partition coefficient (Wildman–Crippen LogP) is 2.20. The highest BCUT2D eigenvalue weighted by Crippen LogP contribution is 2.39. The van der Waals surface area contributed by atoms with Crippen LogP contribution in [0.5, 0.6) is 5.75 Å². The number of hydrogen-bond donors (Lipinski definition) is 4. The van der Waals surface area contributed by atoms with Gasteiger partial charge in [0.05, 0.1) is 11.0 Å². The number of carbonyl (C=O) groups is 4. The van der Waals surface area contributed by atoms with Crippen molar-refractivity contribution in [3.05, 3.63) is 69.9 Å². The highest BCUT2D eigenvalue weighted by Gasteiger charge is 2.38. The topological polar surface area (TPSA) is 189 Å². The van der Waals surface area contributed by atoms with Crippen LogP contribution in [0.25, 0.3) is 21.8 Å². The second kappa shape index (κ2) is 12.0. The maximum absolute atomic E-state index is 15.4. The molecule has 3 aliphatic rings. The van der Waals surface area contributed by atoms with Gasteiger partial charge in [-0.25, -0.2) is 18.2 Å². The summed E-state index contributed by atoms with van der Waals surface area (Å²) in [6.45, 7) is -0.240. The highest BCUT2D eigenvalue weighted by molar-refractivity contribution is 7.92. The van der Waals surface area contributed by atoms with E-state index in [1.807, 2.05) is 18.2 Å². The Morgan fingerprint density at radius 1 is 0.980 bits per heavy atom. The van der Waals surface area contributed by atoms with Gasteiger partial charge >= 0.3 is 15.9 Å². The third-order valence-corrected chi connectivity index (χ3v) is 11.2. The van der Waals surface area contributed by atoms with Gasteiger partial charge in [-0.3, -0.25) is 33.6 Å². The second-order valence-electron chi connectivity index (χ2n) is 12.9. The summed E-state index contributed by atoms with van der Waals surface area (Å²) in [4.78, 5) is 61.9. The van der Waals surface area contributed by atoms with E-state index in [4.69, 9.17) is 0 Å². The zero-order valence-electron chi connectivity index (χ0n) is 26.4. The lowest BCUT2D eigenvalue weighted by molar-refractivity contribution is -0.135. The fourth-order valence-electron chi connectivity index (χ4n) is 7.27. The number of imide groups is 1. The fraction of sp³-hybridized carbons (Fsp3) is 0.364. The summed E-state index contributed by atoms with van der Waals surface area (Å²) in [6, 6.07) is 10.4. The van der Waals surface area contributed by atoms with Crippen molar-refractivity contribution in [3.63, 3.8) is 0 Å². The normalized spacial score (nSPS) is 22.4. The number of carbonyl (C=O) groups excluding carboxylic acids is 4. The van der Waals surface area contributed by atoms with Crippen molar-refractivity contribution in [1.29, 1.82) is 0 Å². The van der Waals surface area contributed by atoms with Gasteiger partial charge in [-0.05, 0) is 85.2 Å². The minimum Gasteiger partial charge on any atom is -0.506 e. The Morgan fingerprint density at radius 2 is 1.73 bits per heavy atom. The van der Waals surface area contributed by atoms with Crippen molar-refractivity contribution in [2.24, 2.45) is 13.0 Å². The van der Waals surface area contributed by atoms with Crippen LogP contribution in [0.15, 0.2) is 47.3 Å². The maximum atomic E-state index is 15.4. The molecule has 7 rings (SSSR count). The number of hydrogen-bond acceptors (Lipinski definition) is 8. The average Bonchev–Trinajstić information content (AvgIpc) is 3.48. The third-order valence-electron chi connectivity index (χ3n) is 9.87. The SMILES string of the molecule is Cn1c(=O)n(C2CCC(=O)NC2=O)c2ccc([C@H]3CC[C@H](CNC(=O)c4ccc5c(F)c(N6CC(=O)NS6(=O)=O)c(O)cc5c4)CC3)cc21. The van der Waals surface area contributed by atoms with E-state index in [2.05, 4.69) is 10.6 Å². The molecule has 1 aliphatic carbocycles. The minimum atomic E-state index is -4.34. The molecule has 0 spiro atoms. The van der Waals surface area contributed by atoms with E-state index in [0.717, 1.165) is 42.8 Å². The molecule has 0 radical (unpaired) electrons. The second-order valence-corrected chi connectivity index (χ2v) is 14.5. The van der Waals surface area contributed by atoms with Crippen LogP contribution >= 0.6 is 0 Å². The van der Waals surface area contributed by atoms with Gasteiger partial charge in [-0.2, -0.15) is 8.42 Å². The Balaban J connectivity index is 0.994. The number of nitrogens with zero attached hydrogens (tertiary/aromatic N) is 3. The largest absolute Gasteiger partial charge is 0.506 e. The van der Waals surface area contributed by atoms with Gasteiger partial charge in [0.1, 0.15) is 24.0 Å². The minimum absolute atomic E-state index is 0.0250. The Bertz CT molecular complexity index is 2260. The molecular weight excluding hydrogens is 659 g/mol. The number of anilines is 1. The monoisotopic (exact) mass is 692 g/mol. The Hall–Kier alpha value is -5.25. The molecule has 1 atom stereocenters. The Kier molecular flexibility index (Phi) is 7.92. The first kappa shape index (κ1) is 32.3. The first-order valence-corrected chi connectivity index (χ1v) is 17.4. The first-order chi connectivity index (χ1) is 23.3. The standard InChI is InChI=1S/C33H33FN6O8S/c1-38-25-13-19(7-9-23(25)40(33(38)46)24-10-11-27(42)36-32(24)45)18-4-2-17(3-5-18)15-35-31(44)20-6-8-22-21(12-20)14-26(41)30(29(22)34)39-16-28(43)37-49(39,47)48/h6-9,12-14,17-18,24,41H,2-5,10-11,15-16H2,1H3,(H,35,44)(H,37,43)(H,36,42,45)/t17-,18-,24?. The number of benzene rings is 3. The molecule has 3 heterocycles. The average molecular weight is 693 g/mol. The zero-order chi connectivity index (χ0) is 34.8. The third kappa shape index (κ3) is 5.68. The van der Waals surface area contributed by atoms with E-state index < -0.39 is 51.9 Å². The van der Waals surface area contributed by atoms with Crippen molar-refractivity contribution in [2.45, 2.75) is 50.5 Å². The number of aryl methyl sites for hydroxylation is 1. The predicted molar refractivity (Wildman–Crippen MR) is 176 cm³/mol. The molecule has 1 unspecified atom stereocenters. The van der Waals surface area contributed by atoms with E-state index in [1.165, 1.54) is 27.3 Å². The number of fused-ring (bicyclic) bond motifs is 2. The molecule has 2 saturated heterocycles. The number of halogens is 1. The first-order valence-electron chi connectivity index (χ1n) is 15.9. The van der Waals surface area contributed by atoms with Crippen LogP contribution in [0.2, 0.25) is 0 Å². The molecular formula is C33H33FN6O8S. The molecule has 2 aliphatic heterocycles. The van der Waals surface area contributed by atoms with Crippen LogP contribution in [-0.4, -0.2) is 59.4 Å². The van der Waals surface area contributed by atoms with Crippen LogP contribution < -0.4 is 25.4 Å². The van der Waals surface area contributed by atoms with Gasteiger partial charge in [-0.1, -0.05) is 12.1 Å². The summed E-state index contributed by atoms with van der Waals surface area (Å²) < 4.78 is 45.0. The number of piperidine rings is 1. The molecule has 4 N–H and O–H groups in total. The van der Waals surface area contributed by atoms with E-state index in [1.54, 1.807) is 11.8 Å². The number of phenolic OH excluding ortho intramolecular Hbond substituents is 1. The van der Waals surface area contributed by atoms with E-state index >= 15 is 4.39 Å². The number of imidazole rings is 1. The summed E-state index contributed by atoms with van der Waals surface area (Å²) in [5.74, 6) is -3.29. The lowest BCUT2D eigenvalue weighted by Gasteiger charge is -2.29. The Labute approximate surface area is 279 Å². The number of amides is 4. The lowest BCUT2D eigenvalue weighted by atomic mass is 9.78. The molecule has 3 fully saturated rings. The van der Waals surface area contributed by atoms with Gasteiger partial charge in [0.15, 0.2) is 5.82 Å². The van der Waals surface area contributed by atoms with E-state index in [-0.39, 0.29) is 58.5 Å². The van der Waals surface area contributed by atoms with Crippen LogP contribution in [0.1, 0.15) is 66.4 Å². The number of nitrogens with one attached hydrogen (secondary N) is 3. The van der Waals surface area contributed by atoms with Crippen LogP contribution in [0.3, 0.4) is 0 Å². The lowest BCUT2D eigenvalue weighted by Crippen LogP contribution is -2.44. The summed E-state index contributed by atoms with van der Waals surface area (Å²) in [5.41, 5.74) is 1.73. The highest BCUT2D eigenvalue weighted by atomic mass is 32.2. The summed E-state index contributed by atoms with van der Waals surface area (Å²) >= 11 is 0. The van der Waals surface area contributed by atoms with Gasteiger partial charge < -0.3 is 10.4 Å². The van der Waals surface area contributed by atoms with Gasteiger partial charge in [0, 0.05) is 31.0 Å². The van der Waals surface area contributed by atoms with Crippen LogP contribution in [0.4, 0.5) is 10.1 Å². The summed E-state index contributed by atoms with van der Waals surface area (Å²) in [6.07, 6.45) is 3.90. The molecule has 1 aromatic heterocycles. The smallest absolute Gasteiger partial charge is 0.329 e. The van der Waals surface area contributed by atoms with Crippen molar-refractivity contribution >= 4 is 61.3 Å². The molecule has 4 aromatic rings. The molecule has 4 amide bonds. The molecule has 16 heteroatoms. The van der Waals surface area contributed by atoms with Gasteiger partial charge in [-0.15, -0.1) is 0 Å². The molecule has 49 heavy (non-hydrogen) atoms. The Morgan fingerprint density at radius 3 is 2.43 bits per heavy atom. The number of rotatable bonds is 6. The number of aromatic hydroxyl groups is 1. The van der Waals surface area contributed by atoms with Crippen molar-refractivity contribution in [3.8, 4) is 5.75 Å². The molecule has 256 valence electrons. The van der Waals surface area contributed by atoms with E-state index in [9.17, 15) is 37.5 Å². The molecule has 14 nitrogen and oxygen atoms in total. The van der Waals surface area contributed by atoms with E-state index in [0.29, 0.717) is 16.4 Å². The number of phenols is 1. The zero-order valence-corrected chi connectivity index (χ0v) is 27.2. The van der Waals surface area contributed by atoms with Crippen LogP contribution in [-0.2, 0) is 31.6 Å². The number of aromatic nitrogens is 2. The quantitative estimate of drug-likeness (QED) is 0.221. The van der Waals surface area contributed by atoms with Crippen molar-refractivity contribution in [2.75, 3.05) is 17.4 Å².